The Kier molecular flexibility index (Phi) is 7.53. The predicted molar refractivity (Wildman–Crippen MR) is 94.1 cm³/mol. The lowest BCUT2D eigenvalue weighted by Gasteiger charge is -2.61. The van der Waals surface area contributed by atoms with Gasteiger partial charge in [-0.3, -0.25) is 0 Å². The highest BCUT2D eigenvalue weighted by Crippen LogP contribution is 2.57. The zero-order chi connectivity index (χ0) is 16.9. The standard InChI is InChI=1S/C17H37NO3Si/c1-7-11-16(12-8-2)13-10-14-22(20-5,21-6)17(16,19-4)15(18)9-3/h15H,7-14,18H2,1-6H3. The largest absolute Gasteiger partial charge is 0.396 e. The van der Waals surface area contributed by atoms with Gasteiger partial charge < -0.3 is 19.3 Å². The van der Waals surface area contributed by atoms with E-state index in [0.29, 0.717) is 0 Å². The summed E-state index contributed by atoms with van der Waals surface area (Å²) in [7, 11) is 2.85. The Morgan fingerprint density at radius 2 is 1.59 bits per heavy atom. The van der Waals surface area contributed by atoms with Crippen molar-refractivity contribution in [3.05, 3.63) is 0 Å². The van der Waals surface area contributed by atoms with Gasteiger partial charge in [0, 0.05) is 32.8 Å². The molecule has 22 heavy (non-hydrogen) atoms. The molecule has 132 valence electrons. The van der Waals surface area contributed by atoms with Gasteiger partial charge in [-0.15, -0.1) is 0 Å². The van der Waals surface area contributed by atoms with Gasteiger partial charge >= 0.3 is 8.56 Å². The van der Waals surface area contributed by atoms with E-state index in [1.54, 1.807) is 14.2 Å². The Bertz CT molecular complexity index is 324. The molecule has 1 saturated heterocycles. The van der Waals surface area contributed by atoms with Crippen LogP contribution < -0.4 is 5.73 Å². The summed E-state index contributed by atoms with van der Waals surface area (Å²) in [6, 6.07) is 0.916. The molecule has 1 heterocycles. The predicted octanol–water partition coefficient (Wildman–Crippen LogP) is 3.76. The molecule has 0 bridgehead atoms. The summed E-state index contributed by atoms with van der Waals surface area (Å²) in [6.45, 7) is 6.66. The smallest absolute Gasteiger partial charge is 0.372 e. The van der Waals surface area contributed by atoms with Crippen molar-refractivity contribution < 1.29 is 13.6 Å². The third-order valence-corrected chi connectivity index (χ3v) is 10.5. The Labute approximate surface area is 138 Å². The van der Waals surface area contributed by atoms with Crippen molar-refractivity contribution in [1.82, 2.24) is 0 Å². The first kappa shape index (κ1) is 20.1. The maximum atomic E-state index is 6.71. The lowest BCUT2D eigenvalue weighted by molar-refractivity contribution is -0.125. The van der Waals surface area contributed by atoms with Crippen LogP contribution >= 0.6 is 0 Å². The first-order valence-corrected chi connectivity index (χ1v) is 10.9. The SMILES string of the molecule is CCCC1(CCC)CCC[Si](OC)(OC)C1(OC)C(N)CC. The minimum absolute atomic E-state index is 0.0533. The van der Waals surface area contributed by atoms with Gasteiger partial charge in [-0.1, -0.05) is 40.0 Å². The van der Waals surface area contributed by atoms with E-state index in [-0.39, 0.29) is 11.5 Å². The first-order valence-electron chi connectivity index (χ1n) is 8.90. The molecule has 4 nitrogen and oxygen atoms in total. The summed E-state index contributed by atoms with van der Waals surface area (Å²) in [5.41, 5.74) is 6.77. The van der Waals surface area contributed by atoms with E-state index >= 15 is 0 Å². The van der Waals surface area contributed by atoms with Gasteiger partial charge in [0.05, 0.1) is 0 Å². The maximum absolute atomic E-state index is 6.71. The fourth-order valence-corrected chi connectivity index (χ4v) is 9.67. The van der Waals surface area contributed by atoms with Crippen molar-refractivity contribution in [3.8, 4) is 0 Å². The third-order valence-electron chi connectivity index (χ3n) is 5.92. The van der Waals surface area contributed by atoms with Crippen molar-refractivity contribution in [2.75, 3.05) is 21.3 Å². The van der Waals surface area contributed by atoms with Crippen molar-refractivity contribution in [1.29, 1.82) is 0 Å². The number of ether oxygens (including phenoxy) is 1. The molecule has 2 atom stereocenters. The fraction of sp³-hybridized carbons (Fsp3) is 1.00. The van der Waals surface area contributed by atoms with E-state index in [2.05, 4.69) is 20.8 Å². The van der Waals surface area contributed by atoms with E-state index in [1.807, 2.05) is 7.11 Å². The molecule has 0 aromatic rings. The molecular formula is C17H37NO3Si. The highest BCUT2D eigenvalue weighted by Gasteiger charge is 2.71. The quantitative estimate of drug-likeness (QED) is 0.654. The Balaban J connectivity index is 3.56. The van der Waals surface area contributed by atoms with E-state index in [4.69, 9.17) is 19.3 Å². The topological polar surface area (TPSA) is 53.7 Å². The molecule has 5 heteroatoms. The molecule has 0 spiro atoms. The summed E-state index contributed by atoms with van der Waals surface area (Å²) in [5.74, 6) is 0. The van der Waals surface area contributed by atoms with Crippen LogP contribution in [0.3, 0.4) is 0 Å². The van der Waals surface area contributed by atoms with Gasteiger partial charge in [0.2, 0.25) is 0 Å². The zero-order valence-electron chi connectivity index (χ0n) is 15.5. The molecule has 1 fully saturated rings. The molecule has 0 saturated carbocycles. The van der Waals surface area contributed by atoms with Gasteiger partial charge in [-0.25, -0.2) is 0 Å². The van der Waals surface area contributed by atoms with Gasteiger partial charge in [0.15, 0.2) is 0 Å². The number of nitrogens with two attached hydrogens (primary N) is 1. The molecule has 0 aromatic carbocycles. The van der Waals surface area contributed by atoms with Crippen LogP contribution in [-0.2, 0) is 13.6 Å². The Morgan fingerprint density at radius 3 is 1.95 bits per heavy atom. The molecule has 2 unspecified atom stereocenters. The Hall–Kier alpha value is 0.0569. The summed E-state index contributed by atoms with van der Waals surface area (Å²) in [5, 5.41) is -0.470. The molecule has 1 rings (SSSR count). The first-order chi connectivity index (χ1) is 10.5. The van der Waals surface area contributed by atoms with Crippen LogP contribution in [0.1, 0.15) is 65.7 Å². The molecule has 0 aliphatic carbocycles. The lowest BCUT2D eigenvalue weighted by atomic mass is 9.67. The van der Waals surface area contributed by atoms with Gasteiger partial charge in [0.1, 0.15) is 5.22 Å². The molecule has 1 aliphatic rings. The van der Waals surface area contributed by atoms with Crippen molar-refractivity contribution in [2.24, 2.45) is 11.1 Å². The highest BCUT2D eigenvalue weighted by atomic mass is 28.4. The average molecular weight is 332 g/mol. The second kappa shape index (κ2) is 8.24. The van der Waals surface area contributed by atoms with Crippen molar-refractivity contribution >= 4 is 8.56 Å². The molecule has 2 N–H and O–H groups in total. The van der Waals surface area contributed by atoms with E-state index in [9.17, 15) is 0 Å². The van der Waals surface area contributed by atoms with Crippen LogP contribution in [-0.4, -0.2) is 41.2 Å². The van der Waals surface area contributed by atoms with E-state index in [1.165, 1.54) is 0 Å². The number of methoxy groups -OCH3 is 1. The van der Waals surface area contributed by atoms with E-state index in [0.717, 1.165) is 51.0 Å². The van der Waals surface area contributed by atoms with Gasteiger partial charge in [-0.05, 0) is 31.7 Å². The number of hydrogen-bond acceptors (Lipinski definition) is 4. The van der Waals surface area contributed by atoms with Crippen LogP contribution in [0.5, 0.6) is 0 Å². The van der Waals surface area contributed by atoms with Crippen LogP contribution in [0.4, 0.5) is 0 Å². The van der Waals surface area contributed by atoms with Crippen LogP contribution in [0.25, 0.3) is 0 Å². The maximum Gasteiger partial charge on any atom is 0.372 e. The summed E-state index contributed by atoms with van der Waals surface area (Å²) >= 11 is 0. The molecule has 0 amide bonds. The van der Waals surface area contributed by atoms with Gasteiger partial charge in [-0.2, -0.15) is 0 Å². The molecule has 0 radical (unpaired) electrons. The summed E-state index contributed by atoms with van der Waals surface area (Å²) in [4.78, 5) is 0. The van der Waals surface area contributed by atoms with Crippen LogP contribution in [0.15, 0.2) is 0 Å². The van der Waals surface area contributed by atoms with Crippen LogP contribution in [0, 0.1) is 5.41 Å². The minimum atomic E-state index is -2.55. The highest BCUT2D eigenvalue weighted by molar-refractivity contribution is 6.71. The number of hydrogen-bond donors (Lipinski definition) is 1. The van der Waals surface area contributed by atoms with Crippen LogP contribution in [0.2, 0.25) is 6.04 Å². The van der Waals surface area contributed by atoms with E-state index < -0.39 is 13.8 Å². The average Bonchev–Trinajstić information content (AvgIpc) is 2.54. The monoisotopic (exact) mass is 331 g/mol. The molecular weight excluding hydrogens is 294 g/mol. The molecule has 0 aromatic heterocycles. The van der Waals surface area contributed by atoms with Crippen molar-refractivity contribution in [2.45, 2.75) is 83.0 Å². The fourth-order valence-electron chi connectivity index (χ4n) is 5.22. The van der Waals surface area contributed by atoms with Crippen molar-refractivity contribution in [3.63, 3.8) is 0 Å². The Morgan fingerprint density at radius 1 is 1.05 bits per heavy atom. The summed E-state index contributed by atoms with van der Waals surface area (Å²) < 4.78 is 18.6. The second-order valence-electron chi connectivity index (χ2n) is 6.75. The number of rotatable bonds is 9. The normalized spacial score (nSPS) is 28.5. The van der Waals surface area contributed by atoms with Gasteiger partial charge in [0.25, 0.3) is 0 Å². The summed E-state index contributed by atoms with van der Waals surface area (Å²) in [6.07, 6.45) is 7.73. The second-order valence-corrected chi connectivity index (χ2v) is 10.3. The third kappa shape index (κ3) is 2.79. The zero-order valence-corrected chi connectivity index (χ0v) is 16.5. The lowest BCUT2D eigenvalue weighted by Crippen LogP contribution is -2.78. The molecule has 1 aliphatic heterocycles. The minimum Gasteiger partial charge on any atom is -0.396 e.